The molecule has 9 heteroatoms. The van der Waals surface area contributed by atoms with Crippen LogP contribution in [0.15, 0.2) is 48.8 Å². The molecular weight excluding hydrogens is 435 g/mol. The summed E-state index contributed by atoms with van der Waals surface area (Å²) in [5.74, 6) is -0.877. The molecule has 6 nitrogen and oxygen atoms in total. The molecule has 176 valence electrons. The molecule has 1 spiro atoms. The summed E-state index contributed by atoms with van der Waals surface area (Å²) >= 11 is 0. The van der Waals surface area contributed by atoms with Gasteiger partial charge in [0.2, 0.25) is 5.91 Å². The Morgan fingerprint density at radius 1 is 1.15 bits per heavy atom. The van der Waals surface area contributed by atoms with Gasteiger partial charge in [0.25, 0.3) is 5.91 Å². The van der Waals surface area contributed by atoms with E-state index in [0.717, 1.165) is 30.5 Å². The van der Waals surface area contributed by atoms with E-state index < -0.39 is 40.9 Å². The van der Waals surface area contributed by atoms with E-state index in [2.05, 4.69) is 17.2 Å². The van der Waals surface area contributed by atoms with Crippen LogP contribution in [0, 0.1) is 5.92 Å². The van der Waals surface area contributed by atoms with E-state index in [9.17, 15) is 22.8 Å². The highest BCUT2D eigenvalue weighted by Gasteiger charge is 2.54. The standard InChI is InChI=1S/C24H26F3N3O3/c1-16-6-10-23(11-7-16)30(22(32)18-4-2-3-5-19(18)24(25,26)27)20(15-33-23)21(31)29-14-17-8-12-28-13-9-17/h2-5,8-9,12-13,16,20H,6-7,10-11,14-15H2,1H3,(H,29,31)/t16?,20-,23?/m1/s1. The smallest absolute Gasteiger partial charge is 0.353 e. The topological polar surface area (TPSA) is 71.5 Å². The van der Waals surface area contributed by atoms with E-state index in [4.69, 9.17) is 4.74 Å². The summed E-state index contributed by atoms with van der Waals surface area (Å²) in [6, 6.07) is 7.17. The van der Waals surface area contributed by atoms with E-state index in [-0.39, 0.29) is 13.2 Å². The number of carbonyl (C=O) groups is 2. The molecule has 1 aliphatic carbocycles. The number of amides is 2. The maximum absolute atomic E-state index is 13.7. The van der Waals surface area contributed by atoms with Gasteiger partial charge in [0.1, 0.15) is 11.8 Å². The van der Waals surface area contributed by atoms with Gasteiger partial charge in [0.15, 0.2) is 0 Å². The molecule has 0 unspecified atom stereocenters. The van der Waals surface area contributed by atoms with Crippen molar-refractivity contribution in [1.82, 2.24) is 15.2 Å². The highest BCUT2D eigenvalue weighted by atomic mass is 19.4. The van der Waals surface area contributed by atoms with Crippen LogP contribution in [0.2, 0.25) is 0 Å². The van der Waals surface area contributed by atoms with Gasteiger partial charge in [-0.05, 0) is 61.4 Å². The number of halogens is 3. The van der Waals surface area contributed by atoms with Crippen molar-refractivity contribution in [3.8, 4) is 0 Å². The minimum absolute atomic E-state index is 0.0590. The summed E-state index contributed by atoms with van der Waals surface area (Å²) in [6.45, 7) is 2.24. The van der Waals surface area contributed by atoms with Crippen molar-refractivity contribution in [2.24, 2.45) is 5.92 Å². The Morgan fingerprint density at radius 3 is 2.48 bits per heavy atom. The Bertz CT molecular complexity index is 1000. The zero-order chi connectivity index (χ0) is 23.6. The molecule has 1 aliphatic heterocycles. The Labute approximate surface area is 190 Å². The lowest BCUT2D eigenvalue weighted by Crippen LogP contribution is -2.57. The number of hydrogen-bond donors (Lipinski definition) is 1. The third kappa shape index (κ3) is 4.73. The first kappa shape index (κ1) is 23.2. The molecule has 1 aromatic heterocycles. The second-order valence-electron chi connectivity index (χ2n) is 8.75. The van der Waals surface area contributed by atoms with Crippen LogP contribution in [0.5, 0.6) is 0 Å². The molecule has 1 saturated carbocycles. The van der Waals surface area contributed by atoms with Crippen LogP contribution in [0.25, 0.3) is 0 Å². The summed E-state index contributed by atoms with van der Waals surface area (Å²) in [5.41, 5.74) is -1.75. The number of nitrogens with one attached hydrogen (secondary N) is 1. The summed E-state index contributed by atoms with van der Waals surface area (Å²) in [7, 11) is 0. The van der Waals surface area contributed by atoms with Crippen LogP contribution >= 0.6 is 0 Å². The van der Waals surface area contributed by atoms with Gasteiger partial charge >= 0.3 is 6.18 Å². The summed E-state index contributed by atoms with van der Waals surface area (Å²) in [5, 5.41) is 2.79. The first-order valence-corrected chi connectivity index (χ1v) is 11.0. The molecule has 2 aliphatic rings. The van der Waals surface area contributed by atoms with E-state index in [1.165, 1.54) is 17.0 Å². The molecule has 2 heterocycles. The van der Waals surface area contributed by atoms with Gasteiger partial charge in [-0.15, -0.1) is 0 Å². The fraction of sp³-hybridized carbons (Fsp3) is 0.458. The maximum Gasteiger partial charge on any atom is 0.417 e. The first-order valence-electron chi connectivity index (χ1n) is 11.0. The number of alkyl halides is 3. The van der Waals surface area contributed by atoms with E-state index in [0.29, 0.717) is 18.8 Å². The van der Waals surface area contributed by atoms with E-state index in [1.54, 1.807) is 24.5 Å². The lowest BCUT2D eigenvalue weighted by Gasteiger charge is -2.43. The Kier molecular flexibility index (Phi) is 6.43. The molecule has 0 bridgehead atoms. The number of hydrogen-bond acceptors (Lipinski definition) is 4. The molecule has 1 saturated heterocycles. The van der Waals surface area contributed by atoms with E-state index >= 15 is 0 Å². The molecule has 1 atom stereocenters. The third-order valence-electron chi connectivity index (χ3n) is 6.52. The second-order valence-corrected chi connectivity index (χ2v) is 8.75. The van der Waals surface area contributed by atoms with Crippen LogP contribution in [0.4, 0.5) is 13.2 Å². The molecule has 4 rings (SSSR count). The Hall–Kier alpha value is -2.94. The molecule has 2 aromatic rings. The van der Waals surface area contributed by atoms with Crippen molar-refractivity contribution >= 4 is 11.8 Å². The second kappa shape index (κ2) is 9.13. The lowest BCUT2D eigenvalue weighted by atomic mass is 9.83. The third-order valence-corrected chi connectivity index (χ3v) is 6.52. The quantitative estimate of drug-likeness (QED) is 0.742. The van der Waals surface area contributed by atoms with Gasteiger partial charge in [-0.2, -0.15) is 13.2 Å². The van der Waals surface area contributed by atoms with Crippen molar-refractivity contribution in [3.63, 3.8) is 0 Å². The number of benzene rings is 1. The Balaban J connectivity index is 1.65. The fourth-order valence-electron chi connectivity index (χ4n) is 4.63. The lowest BCUT2D eigenvalue weighted by molar-refractivity contribution is -0.138. The summed E-state index contributed by atoms with van der Waals surface area (Å²) in [4.78, 5) is 31.9. The number of nitrogens with zero attached hydrogens (tertiary/aromatic N) is 2. The Morgan fingerprint density at radius 2 is 1.82 bits per heavy atom. The summed E-state index contributed by atoms with van der Waals surface area (Å²) in [6.07, 6.45) is 0.973. The van der Waals surface area contributed by atoms with Gasteiger partial charge in [0.05, 0.1) is 17.7 Å². The minimum Gasteiger partial charge on any atom is -0.353 e. The first-order chi connectivity index (χ1) is 15.7. The van der Waals surface area contributed by atoms with Gasteiger partial charge in [-0.1, -0.05) is 19.1 Å². The van der Waals surface area contributed by atoms with Crippen LogP contribution in [0.3, 0.4) is 0 Å². The number of pyridine rings is 1. The number of aromatic nitrogens is 1. The van der Waals surface area contributed by atoms with Crippen molar-refractivity contribution in [3.05, 3.63) is 65.5 Å². The average Bonchev–Trinajstić information content (AvgIpc) is 3.18. The highest BCUT2D eigenvalue weighted by molar-refractivity contribution is 5.99. The van der Waals surface area contributed by atoms with Crippen LogP contribution in [0.1, 0.15) is 54.1 Å². The van der Waals surface area contributed by atoms with Gasteiger partial charge < -0.3 is 10.1 Å². The average molecular weight is 461 g/mol. The van der Waals surface area contributed by atoms with Gasteiger partial charge in [-0.3, -0.25) is 19.5 Å². The van der Waals surface area contributed by atoms with Crippen molar-refractivity contribution in [2.75, 3.05) is 6.61 Å². The van der Waals surface area contributed by atoms with Crippen LogP contribution < -0.4 is 5.32 Å². The predicted octanol–water partition coefficient (Wildman–Crippen LogP) is 4.16. The molecule has 2 amide bonds. The molecule has 2 fully saturated rings. The van der Waals surface area contributed by atoms with Crippen molar-refractivity contribution in [1.29, 1.82) is 0 Å². The zero-order valence-electron chi connectivity index (χ0n) is 18.3. The molecular formula is C24H26F3N3O3. The highest BCUT2D eigenvalue weighted by Crippen LogP contribution is 2.44. The van der Waals surface area contributed by atoms with E-state index in [1.807, 2.05) is 0 Å². The van der Waals surface area contributed by atoms with Crippen LogP contribution in [-0.4, -0.2) is 40.1 Å². The van der Waals surface area contributed by atoms with Gasteiger partial charge in [0, 0.05) is 18.9 Å². The summed E-state index contributed by atoms with van der Waals surface area (Å²) < 4.78 is 47.0. The van der Waals surface area contributed by atoms with Crippen LogP contribution in [-0.2, 0) is 22.3 Å². The SMILES string of the molecule is CC1CCC2(CC1)OC[C@H](C(=O)NCc1ccncc1)N2C(=O)c1ccccc1C(F)(F)F. The molecule has 1 N–H and O–H groups in total. The zero-order valence-corrected chi connectivity index (χ0v) is 18.3. The molecule has 33 heavy (non-hydrogen) atoms. The fourth-order valence-corrected chi connectivity index (χ4v) is 4.63. The maximum atomic E-state index is 13.7. The number of ether oxygens (including phenoxy) is 1. The predicted molar refractivity (Wildman–Crippen MR) is 114 cm³/mol. The minimum atomic E-state index is -4.69. The monoisotopic (exact) mass is 461 g/mol. The number of rotatable bonds is 4. The normalized spacial score (nSPS) is 25.3. The van der Waals surface area contributed by atoms with Gasteiger partial charge in [-0.25, -0.2) is 0 Å². The largest absolute Gasteiger partial charge is 0.417 e. The molecule has 0 radical (unpaired) electrons. The molecule has 1 aromatic carbocycles. The van der Waals surface area contributed by atoms with Crippen molar-refractivity contribution in [2.45, 2.75) is 57.1 Å². The number of carbonyl (C=O) groups excluding carboxylic acids is 2. The van der Waals surface area contributed by atoms with Crippen molar-refractivity contribution < 1.29 is 27.5 Å².